The van der Waals surface area contributed by atoms with Crippen LogP contribution in [0, 0.1) is 11.3 Å². The average Bonchev–Trinajstić information content (AvgIpc) is 2.76. The number of hydrogen-bond acceptors (Lipinski definition) is 2. The Kier molecular flexibility index (Phi) is 3.54. The van der Waals surface area contributed by atoms with E-state index in [9.17, 15) is 5.11 Å². The Morgan fingerprint density at radius 2 is 2.17 bits per heavy atom. The lowest BCUT2D eigenvalue weighted by atomic mass is 9.62. The molecule has 0 bridgehead atoms. The molecule has 1 saturated carbocycles. The Bertz CT molecular complexity index is 405. The molecule has 102 valence electrons. The molecule has 1 aliphatic carbocycles. The van der Waals surface area contributed by atoms with Gasteiger partial charge in [0.05, 0.1) is 5.69 Å². The van der Waals surface area contributed by atoms with E-state index in [0.29, 0.717) is 5.92 Å². The Hall–Kier alpha value is -0.830. The molecule has 0 amide bonds. The van der Waals surface area contributed by atoms with Crippen molar-refractivity contribution in [2.45, 2.75) is 65.5 Å². The molecule has 0 aliphatic heterocycles. The molecular weight excluding hydrogens is 224 g/mol. The average molecular weight is 250 g/mol. The van der Waals surface area contributed by atoms with Crippen LogP contribution in [0.3, 0.4) is 0 Å². The molecule has 18 heavy (non-hydrogen) atoms. The third kappa shape index (κ3) is 2.20. The summed E-state index contributed by atoms with van der Waals surface area (Å²) in [7, 11) is 0. The third-order valence-electron chi connectivity index (χ3n) is 4.38. The van der Waals surface area contributed by atoms with Gasteiger partial charge in [0.1, 0.15) is 5.60 Å². The number of hydrogen-bond donors (Lipinski definition) is 1. The van der Waals surface area contributed by atoms with Gasteiger partial charge in [-0.05, 0) is 37.2 Å². The quantitative estimate of drug-likeness (QED) is 0.874. The highest BCUT2D eigenvalue weighted by atomic mass is 16.3. The maximum Gasteiger partial charge on any atom is 0.109 e. The van der Waals surface area contributed by atoms with Crippen LogP contribution in [0.4, 0.5) is 0 Å². The number of nitrogens with zero attached hydrogens (tertiary/aromatic N) is 2. The van der Waals surface area contributed by atoms with Crippen molar-refractivity contribution in [1.29, 1.82) is 0 Å². The molecule has 2 rings (SSSR count). The first-order valence-electron chi connectivity index (χ1n) is 7.14. The van der Waals surface area contributed by atoms with E-state index < -0.39 is 5.60 Å². The van der Waals surface area contributed by atoms with Gasteiger partial charge in [-0.2, -0.15) is 5.10 Å². The van der Waals surface area contributed by atoms with Crippen molar-refractivity contribution >= 4 is 0 Å². The highest BCUT2D eigenvalue weighted by molar-refractivity contribution is 5.16. The summed E-state index contributed by atoms with van der Waals surface area (Å²) in [5.74, 6) is 0.306. The molecule has 0 radical (unpaired) electrons. The highest BCUT2D eigenvalue weighted by Crippen LogP contribution is 2.49. The van der Waals surface area contributed by atoms with Gasteiger partial charge in [0.15, 0.2) is 0 Å². The maximum absolute atomic E-state index is 11.3. The summed E-state index contributed by atoms with van der Waals surface area (Å²) >= 11 is 0. The van der Waals surface area contributed by atoms with E-state index in [4.69, 9.17) is 0 Å². The number of aromatic nitrogens is 2. The van der Waals surface area contributed by atoms with Gasteiger partial charge in [-0.3, -0.25) is 4.68 Å². The van der Waals surface area contributed by atoms with Crippen molar-refractivity contribution in [3.05, 3.63) is 18.0 Å². The second-order valence-corrected chi connectivity index (χ2v) is 6.62. The molecule has 0 aromatic carbocycles. The van der Waals surface area contributed by atoms with Crippen molar-refractivity contribution < 1.29 is 5.11 Å². The van der Waals surface area contributed by atoms with Crippen molar-refractivity contribution in [3.63, 3.8) is 0 Å². The monoisotopic (exact) mass is 250 g/mol. The van der Waals surface area contributed by atoms with E-state index in [1.54, 1.807) is 0 Å². The van der Waals surface area contributed by atoms with E-state index in [1.807, 2.05) is 16.9 Å². The third-order valence-corrected chi connectivity index (χ3v) is 4.38. The summed E-state index contributed by atoms with van der Waals surface area (Å²) in [5.41, 5.74) is 0.422. The lowest BCUT2D eigenvalue weighted by Crippen LogP contribution is -2.45. The summed E-state index contributed by atoms with van der Waals surface area (Å²) in [4.78, 5) is 0. The smallest absolute Gasteiger partial charge is 0.109 e. The van der Waals surface area contributed by atoms with E-state index in [2.05, 4.69) is 32.8 Å². The van der Waals surface area contributed by atoms with E-state index in [0.717, 1.165) is 31.5 Å². The minimum absolute atomic E-state index is 0.123. The summed E-state index contributed by atoms with van der Waals surface area (Å²) in [6.45, 7) is 9.61. The topological polar surface area (TPSA) is 38.0 Å². The first kappa shape index (κ1) is 13.6. The van der Waals surface area contributed by atoms with E-state index in [1.165, 1.54) is 6.42 Å². The lowest BCUT2D eigenvalue weighted by molar-refractivity contribution is -0.101. The predicted molar refractivity (Wildman–Crippen MR) is 73.2 cm³/mol. The fraction of sp³-hybridized carbons (Fsp3) is 0.800. The van der Waals surface area contributed by atoms with Crippen molar-refractivity contribution in [2.75, 3.05) is 0 Å². The normalized spacial score (nSPS) is 29.5. The molecule has 2 atom stereocenters. The van der Waals surface area contributed by atoms with Gasteiger partial charge < -0.3 is 5.11 Å². The molecule has 0 saturated heterocycles. The molecule has 1 N–H and O–H groups in total. The standard InChI is InChI=1S/C15H26N2O/c1-5-17-13(9-11-16-17)15(18)10-7-6-8-12(15)14(2,3)4/h9,11-12,18H,5-8,10H2,1-4H3. The zero-order valence-electron chi connectivity index (χ0n) is 12.1. The van der Waals surface area contributed by atoms with Crippen LogP contribution in [0.15, 0.2) is 12.3 Å². The first-order valence-corrected chi connectivity index (χ1v) is 7.14. The number of aryl methyl sites for hydroxylation is 1. The van der Waals surface area contributed by atoms with Crippen LogP contribution < -0.4 is 0 Å². The molecule has 1 fully saturated rings. The summed E-state index contributed by atoms with van der Waals surface area (Å²) in [6, 6.07) is 1.99. The minimum Gasteiger partial charge on any atom is -0.383 e. The summed E-state index contributed by atoms with van der Waals surface area (Å²) in [5, 5.41) is 15.6. The predicted octanol–water partition coefficient (Wildman–Crippen LogP) is 3.33. The van der Waals surface area contributed by atoms with Gasteiger partial charge in [-0.1, -0.05) is 33.6 Å². The minimum atomic E-state index is -0.705. The summed E-state index contributed by atoms with van der Waals surface area (Å²) in [6.07, 6.45) is 6.11. The molecule has 3 heteroatoms. The second kappa shape index (κ2) is 4.69. The van der Waals surface area contributed by atoms with Gasteiger partial charge >= 0.3 is 0 Å². The van der Waals surface area contributed by atoms with Crippen molar-refractivity contribution in [3.8, 4) is 0 Å². The Morgan fingerprint density at radius 3 is 2.78 bits per heavy atom. The first-order chi connectivity index (χ1) is 8.39. The Labute approximate surface area is 110 Å². The van der Waals surface area contributed by atoms with Crippen LogP contribution in [0.1, 0.15) is 59.1 Å². The molecule has 1 heterocycles. The highest BCUT2D eigenvalue weighted by Gasteiger charge is 2.47. The van der Waals surface area contributed by atoms with Crippen LogP contribution in [0.2, 0.25) is 0 Å². The molecule has 1 aromatic heterocycles. The fourth-order valence-corrected chi connectivity index (χ4v) is 3.56. The van der Waals surface area contributed by atoms with Crippen LogP contribution in [-0.4, -0.2) is 14.9 Å². The Morgan fingerprint density at radius 1 is 1.44 bits per heavy atom. The summed E-state index contributed by atoms with van der Waals surface area (Å²) < 4.78 is 1.95. The molecule has 1 aromatic rings. The fourth-order valence-electron chi connectivity index (χ4n) is 3.56. The molecule has 0 spiro atoms. The zero-order chi connectivity index (χ0) is 13.4. The van der Waals surface area contributed by atoms with Crippen molar-refractivity contribution in [1.82, 2.24) is 9.78 Å². The van der Waals surface area contributed by atoms with Gasteiger partial charge in [-0.25, -0.2) is 0 Å². The Balaban J connectivity index is 2.42. The zero-order valence-corrected chi connectivity index (χ0v) is 12.1. The number of rotatable bonds is 2. The molecule has 2 unspecified atom stereocenters. The van der Waals surface area contributed by atoms with Crippen LogP contribution >= 0.6 is 0 Å². The van der Waals surface area contributed by atoms with Gasteiger partial charge in [0.25, 0.3) is 0 Å². The molecule has 3 nitrogen and oxygen atoms in total. The van der Waals surface area contributed by atoms with Gasteiger partial charge in [0, 0.05) is 12.7 Å². The van der Waals surface area contributed by atoms with Gasteiger partial charge in [0.2, 0.25) is 0 Å². The van der Waals surface area contributed by atoms with Gasteiger partial charge in [-0.15, -0.1) is 0 Å². The maximum atomic E-state index is 11.3. The largest absolute Gasteiger partial charge is 0.383 e. The van der Waals surface area contributed by atoms with Crippen LogP contribution in [0.25, 0.3) is 0 Å². The lowest BCUT2D eigenvalue weighted by Gasteiger charge is -2.46. The second-order valence-electron chi connectivity index (χ2n) is 6.62. The van der Waals surface area contributed by atoms with E-state index in [-0.39, 0.29) is 5.41 Å². The number of aliphatic hydroxyl groups is 1. The van der Waals surface area contributed by atoms with E-state index >= 15 is 0 Å². The molecular formula is C15H26N2O. The van der Waals surface area contributed by atoms with Crippen LogP contribution in [0.5, 0.6) is 0 Å². The van der Waals surface area contributed by atoms with Crippen molar-refractivity contribution in [2.24, 2.45) is 11.3 Å². The van der Waals surface area contributed by atoms with Crippen LogP contribution in [-0.2, 0) is 12.1 Å². The molecule has 1 aliphatic rings. The SMILES string of the molecule is CCn1nccc1C1(O)CCCCC1C(C)(C)C.